The molecule has 0 fully saturated rings. The molecule has 0 spiro atoms. The van der Waals surface area contributed by atoms with Crippen LogP contribution in [-0.2, 0) is 6.42 Å². The molecular formula is C23H26N2O. The molecule has 0 saturated heterocycles. The van der Waals surface area contributed by atoms with Crippen LogP contribution in [0.1, 0.15) is 38.2 Å². The lowest BCUT2D eigenvalue weighted by Gasteiger charge is -2.10. The zero-order valence-electron chi connectivity index (χ0n) is 15.3. The number of unbranched alkanes of at least 4 members (excludes halogenated alkanes) is 3. The number of carbonyl (C=O) groups is 1. The highest BCUT2D eigenvalue weighted by Crippen LogP contribution is 2.23. The van der Waals surface area contributed by atoms with Crippen LogP contribution in [0.4, 0.5) is 16.2 Å². The molecule has 0 aliphatic rings. The summed E-state index contributed by atoms with van der Waals surface area (Å²) in [6.07, 6.45) is 6.16. The second-order valence-electron chi connectivity index (χ2n) is 6.61. The van der Waals surface area contributed by atoms with E-state index in [-0.39, 0.29) is 6.03 Å². The van der Waals surface area contributed by atoms with Crippen molar-refractivity contribution in [1.82, 2.24) is 0 Å². The molecule has 0 aliphatic carbocycles. The molecule has 0 saturated carbocycles. The highest BCUT2D eigenvalue weighted by Gasteiger charge is 2.06. The van der Waals surface area contributed by atoms with Crippen molar-refractivity contribution in [2.24, 2.45) is 0 Å². The molecule has 0 heterocycles. The number of aryl methyl sites for hydroxylation is 1. The van der Waals surface area contributed by atoms with Gasteiger partial charge in [0.05, 0.1) is 5.69 Å². The third-order valence-electron chi connectivity index (χ3n) is 4.57. The van der Waals surface area contributed by atoms with Crippen molar-refractivity contribution in [3.63, 3.8) is 0 Å². The summed E-state index contributed by atoms with van der Waals surface area (Å²) in [6, 6.07) is 21.8. The number of benzene rings is 3. The van der Waals surface area contributed by atoms with E-state index in [1.807, 2.05) is 54.6 Å². The van der Waals surface area contributed by atoms with E-state index in [1.165, 1.54) is 31.2 Å². The Bertz CT molecular complexity index is 850. The predicted molar refractivity (Wildman–Crippen MR) is 111 cm³/mol. The number of anilines is 2. The van der Waals surface area contributed by atoms with E-state index in [1.54, 1.807) is 0 Å². The van der Waals surface area contributed by atoms with E-state index in [0.717, 1.165) is 28.6 Å². The van der Waals surface area contributed by atoms with Crippen molar-refractivity contribution >= 4 is 28.2 Å². The van der Waals surface area contributed by atoms with Crippen LogP contribution in [0.15, 0.2) is 66.7 Å². The molecule has 0 radical (unpaired) electrons. The Morgan fingerprint density at radius 1 is 0.808 bits per heavy atom. The Morgan fingerprint density at radius 3 is 2.38 bits per heavy atom. The molecule has 3 nitrogen and oxygen atoms in total. The van der Waals surface area contributed by atoms with E-state index >= 15 is 0 Å². The first-order valence-electron chi connectivity index (χ1n) is 9.41. The summed E-state index contributed by atoms with van der Waals surface area (Å²) < 4.78 is 0. The summed E-state index contributed by atoms with van der Waals surface area (Å²) >= 11 is 0. The minimum atomic E-state index is -0.225. The molecule has 0 atom stereocenters. The molecule has 3 rings (SSSR count). The molecule has 0 aromatic heterocycles. The number of urea groups is 1. The fraction of sp³-hybridized carbons (Fsp3) is 0.261. The molecule has 3 aromatic carbocycles. The average molecular weight is 346 g/mol. The van der Waals surface area contributed by atoms with Crippen LogP contribution in [0.3, 0.4) is 0 Å². The normalized spacial score (nSPS) is 10.7. The van der Waals surface area contributed by atoms with Crippen LogP contribution < -0.4 is 10.6 Å². The van der Waals surface area contributed by atoms with E-state index in [0.29, 0.717) is 0 Å². The van der Waals surface area contributed by atoms with Crippen LogP contribution in [0.2, 0.25) is 0 Å². The van der Waals surface area contributed by atoms with Gasteiger partial charge in [0.1, 0.15) is 0 Å². The lowest BCUT2D eigenvalue weighted by atomic mass is 10.1. The van der Waals surface area contributed by atoms with Crippen LogP contribution in [0, 0.1) is 0 Å². The Labute approximate surface area is 155 Å². The van der Waals surface area contributed by atoms with Crippen molar-refractivity contribution in [2.45, 2.75) is 39.0 Å². The summed E-state index contributed by atoms with van der Waals surface area (Å²) in [5.74, 6) is 0. The maximum atomic E-state index is 12.3. The standard InChI is InChI=1S/C23H26N2O/c1-2-3-4-5-9-18-14-16-20(17-15-18)24-23(26)25-22-13-8-11-19-10-6-7-12-21(19)22/h6-8,10-17H,2-5,9H2,1H3,(H2,24,25,26). The fourth-order valence-electron chi connectivity index (χ4n) is 3.13. The van der Waals surface area contributed by atoms with Gasteiger partial charge >= 0.3 is 6.03 Å². The topological polar surface area (TPSA) is 41.1 Å². The minimum absolute atomic E-state index is 0.225. The summed E-state index contributed by atoms with van der Waals surface area (Å²) in [5, 5.41) is 8.00. The second kappa shape index (κ2) is 9.04. The number of hydrogen-bond acceptors (Lipinski definition) is 1. The Morgan fingerprint density at radius 2 is 1.58 bits per heavy atom. The van der Waals surface area contributed by atoms with Gasteiger partial charge in [0.2, 0.25) is 0 Å². The third-order valence-corrected chi connectivity index (χ3v) is 4.57. The molecule has 134 valence electrons. The first-order valence-corrected chi connectivity index (χ1v) is 9.41. The molecule has 26 heavy (non-hydrogen) atoms. The summed E-state index contributed by atoms with van der Waals surface area (Å²) in [4.78, 5) is 12.3. The molecule has 2 N–H and O–H groups in total. The maximum Gasteiger partial charge on any atom is 0.323 e. The highest BCUT2D eigenvalue weighted by atomic mass is 16.2. The number of hydrogen-bond donors (Lipinski definition) is 2. The van der Waals surface area contributed by atoms with Crippen LogP contribution in [-0.4, -0.2) is 6.03 Å². The molecule has 3 heteroatoms. The van der Waals surface area contributed by atoms with Crippen molar-refractivity contribution in [2.75, 3.05) is 10.6 Å². The minimum Gasteiger partial charge on any atom is -0.308 e. The van der Waals surface area contributed by atoms with Crippen LogP contribution in [0.5, 0.6) is 0 Å². The monoisotopic (exact) mass is 346 g/mol. The van der Waals surface area contributed by atoms with Gasteiger partial charge in [-0.05, 0) is 42.0 Å². The van der Waals surface area contributed by atoms with Crippen molar-refractivity contribution in [3.8, 4) is 0 Å². The number of amides is 2. The average Bonchev–Trinajstić information content (AvgIpc) is 2.67. The molecular weight excluding hydrogens is 320 g/mol. The maximum absolute atomic E-state index is 12.3. The first-order chi connectivity index (χ1) is 12.8. The van der Waals surface area contributed by atoms with Crippen molar-refractivity contribution in [3.05, 3.63) is 72.3 Å². The van der Waals surface area contributed by atoms with Gasteiger partial charge in [0.25, 0.3) is 0 Å². The Kier molecular flexibility index (Phi) is 6.26. The molecule has 2 amide bonds. The highest BCUT2D eigenvalue weighted by molar-refractivity contribution is 6.06. The third kappa shape index (κ3) is 4.85. The quantitative estimate of drug-likeness (QED) is 0.464. The SMILES string of the molecule is CCCCCCc1ccc(NC(=O)Nc2cccc3ccccc23)cc1. The number of carbonyl (C=O) groups excluding carboxylic acids is 1. The van der Waals surface area contributed by atoms with E-state index < -0.39 is 0 Å². The number of fused-ring (bicyclic) bond motifs is 1. The zero-order chi connectivity index (χ0) is 18.2. The van der Waals surface area contributed by atoms with Crippen molar-refractivity contribution in [1.29, 1.82) is 0 Å². The van der Waals surface area contributed by atoms with Gasteiger partial charge in [0.15, 0.2) is 0 Å². The fourth-order valence-corrected chi connectivity index (χ4v) is 3.13. The van der Waals surface area contributed by atoms with Gasteiger partial charge in [-0.2, -0.15) is 0 Å². The lowest BCUT2D eigenvalue weighted by Crippen LogP contribution is -2.19. The van der Waals surface area contributed by atoms with Gasteiger partial charge in [0, 0.05) is 11.1 Å². The van der Waals surface area contributed by atoms with E-state index in [4.69, 9.17) is 0 Å². The first kappa shape index (κ1) is 18.0. The van der Waals surface area contributed by atoms with Gasteiger partial charge in [-0.1, -0.05) is 74.7 Å². The second-order valence-corrected chi connectivity index (χ2v) is 6.61. The van der Waals surface area contributed by atoms with Gasteiger partial charge < -0.3 is 10.6 Å². The smallest absolute Gasteiger partial charge is 0.308 e. The van der Waals surface area contributed by atoms with E-state index in [9.17, 15) is 4.79 Å². The largest absolute Gasteiger partial charge is 0.323 e. The van der Waals surface area contributed by atoms with Gasteiger partial charge in [-0.25, -0.2) is 4.79 Å². The summed E-state index contributed by atoms with van der Waals surface area (Å²) in [6.45, 7) is 2.23. The Balaban J connectivity index is 1.57. The zero-order valence-corrected chi connectivity index (χ0v) is 15.3. The molecule has 0 unspecified atom stereocenters. The Hall–Kier alpha value is -2.81. The molecule has 0 bridgehead atoms. The summed E-state index contributed by atoms with van der Waals surface area (Å²) in [5.41, 5.74) is 2.94. The van der Waals surface area contributed by atoms with Crippen molar-refractivity contribution < 1.29 is 4.79 Å². The molecule has 3 aromatic rings. The molecule has 0 aliphatic heterocycles. The summed E-state index contributed by atoms with van der Waals surface area (Å²) in [7, 11) is 0. The van der Waals surface area contributed by atoms with Gasteiger partial charge in [-0.3, -0.25) is 0 Å². The number of rotatable bonds is 7. The predicted octanol–water partition coefficient (Wildman–Crippen LogP) is 6.61. The lowest BCUT2D eigenvalue weighted by molar-refractivity contribution is 0.262. The van der Waals surface area contributed by atoms with Crippen LogP contribution >= 0.6 is 0 Å². The van der Waals surface area contributed by atoms with E-state index in [2.05, 4.69) is 29.7 Å². The van der Waals surface area contributed by atoms with Gasteiger partial charge in [-0.15, -0.1) is 0 Å². The van der Waals surface area contributed by atoms with Crippen LogP contribution in [0.25, 0.3) is 10.8 Å². The number of nitrogens with one attached hydrogen (secondary N) is 2.